The van der Waals surface area contributed by atoms with Gasteiger partial charge in [0.15, 0.2) is 24.7 Å². The smallest absolute Gasteiger partial charge is 0.344 e. The quantitative estimate of drug-likeness (QED) is 0.232. The highest BCUT2D eigenvalue weighted by Crippen LogP contribution is 2.26. The van der Waals surface area contributed by atoms with Crippen LogP contribution in [0.1, 0.15) is 13.8 Å². The van der Waals surface area contributed by atoms with Crippen LogP contribution in [0.2, 0.25) is 0 Å². The lowest BCUT2D eigenvalue weighted by Gasteiger charge is -2.13. The minimum Gasteiger partial charge on any atom is -0.617 e. The van der Waals surface area contributed by atoms with E-state index in [0.29, 0.717) is 9.46 Å². The standard InChI is InChI=1S/C20H20N2O8/c1-3-27-17(23)11-29-15-9-5-7-13-19(15)21(25)14-8-6-10-16(20(14)22(13)26)30-12-18(24)28-4-2/h5-10H,3-4,11-12H2,1-2H3. The minimum absolute atomic E-state index is 0.00560. The van der Waals surface area contributed by atoms with Crippen molar-refractivity contribution in [2.45, 2.75) is 13.8 Å². The van der Waals surface area contributed by atoms with Gasteiger partial charge in [-0.15, -0.1) is 0 Å². The van der Waals surface area contributed by atoms with Crippen molar-refractivity contribution >= 4 is 34.0 Å². The number of hydrogen-bond acceptors (Lipinski definition) is 8. The molecule has 158 valence electrons. The Balaban J connectivity index is 2.07. The first kappa shape index (κ1) is 20.9. The van der Waals surface area contributed by atoms with Crippen LogP contribution >= 0.6 is 0 Å². The number of para-hydroxylation sites is 2. The molecule has 3 aromatic rings. The first-order valence-corrected chi connectivity index (χ1v) is 9.25. The third-order valence-corrected chi connectivity index (χ3v) is 4.10. The van der Waals surface area contributed by atoms with Gasteiger partial charge in [0, 0.05) is 12.1 Å². The zero-order valence-electron chi connectivity index (χ0n) is 16.5. The summed E-state index contributed by atoms with van der Waals surface area (Å²) in [6.07, 6.45) is 0. The lowest BCUT2D eigenvalue weighted by Crippen LogP contribution is -2.40. The average Bonchev–Trinajstić information content (AvgIpc) is 2.74. The van der Waals surface area contributed by atoms with E-state index >= 15 is 0 Å². The predicted molar refractivity (Wildman–Crippen MR) is 104 cm³/mol. The van der Waals surface area contributed by atoms with E-state index in [1.165, 1.54) is 36.4 Å². The number of nitrogens with zero attached hydrogens (tertiary/aromatic N) is 2. The molecule has 3 rings (SSSR count). The van der Waals surface area contributed by atoms with Gasteiger partial charge in [0.05, 0.1) is 13.2 Å². The van der Waals surface area contributed by atoms with Crippen molar-refractivity contribution in [2.75, 3.05) is 26.4 Å². The van der Waals surface area contributed by atoms with Gasteiger partial charge in [-0.2, -0.15) is 9.46 Å². The van der Waals surface area contributed by atoms with E-state index < -0.39 is 25.2 Å². The molecule has 0 aliphatic heterocycles. The molecule has 10 heteroatoms. The summed E-state index contributed by atoms with van der Waals surface area (Å²) in [7, 11) is 0. The van der Waals surface area contributed by atoms with Crippen molar-refractivity contribution in [2.24, 2.45) is 0 Å². The van der Waals surface area contributed by atoms with Gasteiger partial charge in [0.25, 0.3) is 11.0 Å². The third kappa shape index (κ3) is 4.12. The number of rotatable bonds is 8. The second-order valence-electron chi connectivity index (χ2n) is 6.02. The van der Waals surface area contributed by atoms with Gasteiger partial charge in [-0.1, -0.05) is 12.1 Å². The molecule has 0 spiro atoms. The van der Waals surface area contributed by atoms with E-state index in [0.717, 1.165) is 0 Å². The van der Waals surface area contributed by atoms with Crippen molar-refractivity contribution in [1.82, 2.24) is 0 Å². The molecular weight excluding hydrogens is 396 g/mol. The van der Waals surface area contributed by atoms with Crippen molar-refractivity contribution in [3.8, 4) is 11.5 Å². The van der Waals surface area contributed by atoms with E-state index in [1.807, 2.05) is 0 Å². The van der Waals surface area contributed by atoms with Crippen LogP contribution in [0.3, 0.4) is 0 Å². The maximum absolute atomic E-state index is 13.0. The number of fused-ring (bicyclic) bond motifs is 2. The molecule has 0 saturated carbocycles. The van der Waals surface area contributed by atoms with E-state index in [-0.39, 0.29) is 46.8 Å². The van der Waals surface area contributed by atoms with Crippen LogP contribution in [0.4, 0.5) is 0 Å². The molecule has 1 heterocycles. The maximum atomic E-state index is 13.0. The number of carbonyl (C=O) groups excluding carboxylic acids is 2. The number of esters is 2. The third-order valence-electron chi connectivity index (χ3n) is 4.10. The maximum Gasteiger partial charge on any atom is 0.344 e. The molecule has 0 N–H and O–H groups in total. The molecule has 0 aliphatic carbocycles. The lowest BCUT2D eigenvalue weighted by molar-refractivity contribution is -0.591. The molecular formula is C20H20N2O8. The summed E-state index contributed by atoms with van der Waals surface area (Å²) in [5.41, 5.74) is -0.0873. The zero-order chi connectivity index (χ0) is 21.7. The second kappa shape index (κ2) is 9.12. The Kier molecular flexibility index (Phi) is 6.35. The van der Waals surface area contributed by atoms with Crippen LogP contribution in [-0.4, -0.2) is 38.4 Å². The molecule has 0 radical (unpaired) electrons. The number of aromatic nitrogens is 2. The monoisotopic (exact) mass is 416 g/mol. The van der Waals surface area contributed by atoms with Gasteiger partial charge in [-0.25, -0.2) is 9.59 Å². The van der Waals surface area contributed by atoms with E-state index in [2.05, 4.69) is 0 Å². The van der Waals surface area contributed by atoms with Gasteiger partial charge in [-0.3, -0.25) is 0 Å². The van der Waals surface area contributed by atoms with Crippen LogP contribution in [0.15, 0.2) is 36.4 Å². The first-order valence-electron chi connectivity index (χ1n) is 9.25. The van der Waals surface area contributed by atoms with E-state index in [4.69, 9.17) is 18.9 Å². The van der Waals surface area contributed by atoms with Gasteiger partial charge in [0.2, 0.25) is 0 Å². The van der Waals surface area contributed by atoms with Crippen LogP contribution in [0, 0.1) is 10.4 Å². The molecule has 0 aliphatic rings. The van der Waals surface area contributed by atoms with Crippen molar-refractivity contribution < 1.29 is 38.0 Å². The summed E-state index contributed by atoms with van der Waals surface area (Å²) in [5, 5.41) is 26.1. The Morgan fingerprint density at radius 2 is 1.17 bits per heavy atom. The Labute approximate surface area is 171 Å². The van der Waals surface area contributed by atoms with Crippen molar-refractivity contribution in [3.05, 3.63) is 46.8 Å². The topological polar surface area (TPSA) is 125 Å². The summed E-state index contributed by atoms with van der Waals surface area (Å²) in [4.78, 5) is 23.2. The van der Waals surface area contributed by atoms with Gasteiger partial charge < -0.3 is 29.4 Å². The molecule has 30 heavy (non-hydrogen) atoms. The Bertz CT molecular complexity index is 1010. The summed E-state index contributed by atoms with van der Waals surface area (Å²) in [6.45, 7) is 2.89. The van der Waals surface area contributed by atoms with Crippen molar-refractivity contribution in [1.29, 1.82) is 0 Å². The SMILES string of the molecule is CCOC(=O)COc1cccc2c1[n+]([O-])c1cccc(OCC(=O)OCC)c1[n+]2[O-]. The Morgan fingerprint density at radius 1 is 0.767 bits per heavy atom. The van der Waals surface area contributed by atoms with Crippen molar-refractivity contribution in [3.63, 3.8) is 0 Å². The normalized spacial score (nSPS) is 10.7. The highest BCUT2D eigenvalue weighted by atomic mass is 16.6. The fourth-order valence-electron chi connectivity index (χ4n) is 2.91. The van der Waals surface area contributed by atoms with Crippen LogP contribution in [0.25, 0.3) is 22.1 Å². The Morgan fingerprint density at radius 3 is 1.53 bits per heavy atom. The molecule has 0 bridgehead atoms. The summed E-state index contributed by atoms with van der Waals surface area (Å²) < 4.78 is 21.5. The fraction of sp³-hybridized carbons (Fsp3) is 0.300. The minimum atomic E-state index is -0.600. The lowest BCUT2D eigenvalue weighted by atomic mass is 10.2. The van der Waals surface area contributed by atoms with Crippen LogP contribution in [0.5, 0.6) is 11.5 Å². The molecule has 0 unspecified atom stereocenters. The van der Waals surface area contributed by atoms with Crippen LogP contribution in [-0.2, 0) is 19.1 Å². The average molecular weight is 416 g/mol. The number of benzene rings is 2. The first-order chi connectivity index (χ1) is 14.5. The summed E-state index contributed by atoms with van der Waals surface area (Å²) in [6, 6.07) is 8.87. The molecule has 0 saturated heterocycles. The molecule has 10 nitrogen and oxygen atoms in total. The summed E-state index contributed by atoms with van der Waals surface area (Å²) in [5.74, 6) is -1.09. The molecule has 2 aromatic carbocycles. The van der Waals surface area contributed by atoms with Gasteiger partial charge >= 0.3 is 23.0 Å². The zero-order valence-corrected chi connectivity index (χ0v) is 16.5. The fourth-order valence-corrected chi connectivity index (χ4v) is 2.91. The van der Waals surface area contributed by atoms with Gasteiger partial charge in [-0.05, 0) is 26.0 Å². The Hall–Kier alpha value is -3.82. The summed E-state index contributed by atoms with van der Waals surface area (Å²) >= 11 is 0. The van der Waals surface area contributed by atoms with E-state index in [1.54, 1.807) is 13.8 Å². The number of hydrogen-bond donors (Lipinski definition) is 0. The number of carbonyl (C=O) groups is 2. The highest BCUT2D eigenvalue weighted by Gasteiger charge is 2.28. The van der Waals surface area contributed by atoms with Crippen LogP contribution < -0.4 is 18.9 Å². The second-order valence-corrected chi connectivity index (χ2v) is 6.02. The molecule has 0 atom stereocenters. The molecule has 0 fully saturated rings. The van der Waals surface area contributed by atoms with Gasteiger partial charge in [0.1, 0.15) is 0 Å². The molecule has 1 aromatic heterocycles. The highest BCUT2D eigenvalue weighted by molar-refractivity contribution is 5.84. The van der Waals surface area contributed by atoms with E-state index in [9.17, 15) is 20.0 Å². The molecule has 0 amide bonds. The largest absolute Gasteiger partial charge is 0.617 e. The predicted octanol–water partition coefficient (Wildman–Crippen LogP) is 1.14. The number of ether oxygens (including phenoxy) is 4.